The van der Waals surface area contributed by atoms with Gasteiger partial charge in [-0.05, 0) is 0 Å². The zero-order chi connectivity index (χ0) is 32.3. The third-order valence-electron chi connectivity index (χ3n) is 4.10. The lowest BCUT2D eigenvalue weighted by atomic mass is 10.3. The van der Waals surface area contributed by atoms with E-state index in [0.29, 0.717) is 0 Å². The van der Waals surface area contributed by atoms with Gasteiger partial charge in [0.2, 0.25) is 19.8 Å². The molecule has 0 unspecified atom stereocenters. The molecule has 0 aliphatic carbocycles. The first-order valence-electron chi connectivity index (χ1n) is 12.8. The van der Waals surface area contributed by atoms with E-state index in [9.17, 15) is 28.8 Å². The van der Waals surface area contributed by atoms with E-state index in [1.54, 1.807) is 0 Å². The summed E-state index contributed by atoms with van der Waals surface area (Å²) in [5.41, 5.74) is -2.69. The Morgan fingerprint density at radius 3 is 0.929 bits per heavy atom. The number of carbonyl (C=O) groups excluding carboxylic acids is 3. The fourth-order valence-corrected chi connectivity index (χ4v) is 7.17. The van der Waals surface area contributed by atoms with Gasteiger partial charge in [0, 0.05) is 14.2 Å². The molecule has 1 aromatic heterocycles. The van der Waals surface area contributed by atoms with Crippen LogP contribution in [0.2, 0.25) is 0 Å². The Hall–Kier alpha value is -1.08. The van der Waals surface area contributed by atoms with Crippen LogP contribution in [0.1, 0.15) is 62.3 Å². The molecule has 0 aromatic carbocycles. The van der Waals surface area contributed by atoms with Gasteiger partial charge in [-0.3, -0.25) is 0 Å². The molecule has 12 nitrogen and oxygen atoms in total. The number of hydrogen-bond acceptors (Lipinski definition) is 12. The van der Waals surface area contributed by atoms with E-state index >= 15 is 0 Å². The fraction of sp³-hybridized carbons (Fsp3) is 0.750. The predicted octanol–water partition coefficient (Wildman–Crippen LogP) is 4.14. The zero-order valence-corrected chi connectivity index (χ0v) is 30.2. The van der Waals surface area contributed by atoms with Crippen LogP contribution in [0, 0.1) is 0 Å². The Kier molecular flexibility index (Phi) is 16.2. The number of nitrogens with zero attached hydrogens (tertiary/aromatic N) is 3. The van der Waals surface area contributed by atoms with Gasteiger partial charge < -0.3 is 28.6 Å². The van der Waals surface area contributed by atoms with Crippen molar-refractivity contribution in [3.63, 3.8) is 0 Å². The summed E-state index contributed by atoms with van der Waals surface area (Å²) in [6.45, 7) is 16.3. The highest BCUT2D eigenvalue weighted by Gasteiger charge is 2.25. The average molecular weight is 709 g/mol. The molecule has 0 aliphatic heterocycles. The SMILES string of the molecule is CC(C)(C)SSC(=[OH+])OCCn1c(=O)n(CCOC(=[OH+])SSC(C)(C)C)c(=O)n(CCOC(=[OH+])SSC(C)(C)C)c1=O. The van der Waals surface area contributed by atoms with E-state index in [2.05, 4.69) is 0 Å². The Labute approximate surface area is 269 Å². The lowest BCUT2D eigenvalue weighted by Crippen LogP contribution is -2.55. The second kappa shape index (κ2) is 17.4. The topological polar surface area (TPSA) is 158 Å². The summed E-state index contributed by atoms with van der Waals surface area (Å²) in [7, 11) is 7.20. The van der Waals surface area contributed by atoms with Gasteiger partial charge in [0.1, 0.15) is 0 Å². The van der Waals surface area contributed by atoms with Crippen LogP contribution >= 0.6 is 64.8 Å². The molecule has 18 heteroatoms. The molecule has 1 rings (SSSR count). The number of ether oxygens (including phenoxy) is 3. The summed E-state index contributed by atoms with van der Waals surface area (Å²) in [4.78, 5) is 69.5. The van der Waals surface area contributed by atoms with Gasteiger partial charge in [-0.25, -0.2) is 28.1 Å². The highest BCUT2D eigenvalue weighted by molar-refractivity contribution is 8.83. The summed E-state index contributed by atoms with van der Waals surface area (Å²) >= 11 is 0. The summed E-state index contributed by atoms with van der Waals surface area (Å²) in [5.74, 6) is 0. The maximum Gasteiger partial charge on any atom is 0.561 e. The Morgan fingerprint density at radius 2 is 0.738 bits per heavy atom. The molecule has 1 aromatic rings. The van der Waals surface area contributed by atoms with Crippen molar-refractivity contribution in [3.05, 3.63) is 31.5 Å². The lowest BCUT2D eigenvalue weighted by molar-refractivity contribution is 0.237. The highest BCUT2D eigenvalue weighted by atomic mass is 33.1. The third-order valence-corrected chi connectivity index (χ3v) is 13.2. The van der Waals surface area contributed by atoms with Gasteiger partial charge in [-0.1, -0.05) is 94.7 Å². The normalized spacial score (nSPS) is 12.2. The Balaban J connectivity index is 3.08. The number of rotatable bonds is 12. The molecule has 0 saturated heterocycles. The molecule has 0 fully saturated rings. The third kappa shape index (κ3) is 16.1. The van der Waals surface area contributed by atoms with Crippen LogP contribution in [-0.4, -0.2) is 78.1 Å². The average Bonchev–Trinajstić information content (AvgIpc) is 2.85. The Bertz CT molecular complexity index is 1070. The smallest absolute Gasteiger partial charge is 0.329 e. The van der Waals surface area contributed by atoms with E-state index in [1.807, 2.05) is 62.3 Å². The van der Waals surface area contributed by atoms with E-state index in [1.165, 1.54) is 32.4 Å². The summed E-state index contributed by atoms with van der Waals surface area (Å²) in [6.07, 6.45) is 0. The van der Waals surface area contributed by atoms with Crippen molar-refractivity contribution in [1.82, 2.24) is 13.7 Å². The van der Waals surface area contributed by atoms with E-state index in [-0.39, 0.29) is 69.6 Å². The van der Waals surface area contributed by atoms with Crippen LogP contribution in [0.25, 0.3) is 0 Å². The molecule has 0 spiro atoms. The second-order valence-corrected chi connectivity index (χ2v) is 20.2. The molecular formula is C24H42N3O9S6+3. The Morgan fingerprint density at radius 1 is 0.524 bits per heavy atom. The minimum Gasteiger partial charge on any atom is -0.329 e. The van der Waals surface area contributed by atoms with Crippen molar-refractivity contribution in [1.29, 1.82) is 0 Å². The highest BCUT2D eigenvalue weighted by Crippen LogP contribution is 2.36. The molecule has 0 saturated carbocycles. The molecule has 42 heavy (non-hydrogen) atoms. The molecule has 0 bridgehead atoms. The number of aromatic nitrogens is 3. The van der Waals surface area contributed by atoms with Gasteiger partial charge in [0.05, 0.1) is 52.0 Å². The fourth-order valence-electron chi connectivity index (χ4n) is 2.48. The second-order valence-electron chi connectivity index (χ2n) is 11.5. The van der Waals surface area contributed by atoms with Crippen LogP contribution in [-0.2, 0) is 33.8 Å². The van der Waals surface area contributed by atoms with Crippen LogP contribution in [0.4, 0.5) is 0 Å². The van der Waals surface area contributed by atoms with Crippen LogP contribution in [0.15, 0.2) is 14.4 Å². The molecular weight excluding hydrogens is 667 g/mol. The van der Waals surface area contributed by atoms with Crippen molar-refractivity contribution in [3.8, 4) is 0 Å². The quantitative estimate of drug-likeness (QED) is 0.133. The van der Waals surface area contributed by atoms with Crippen molar-refractivity contribution < 1.29 is 28.6 Å². The van der Waals surface area contributed by atoms with Gasteiger partial charge in [0.25, 0.3) is 0 Å². The van der Waals surface area contributed by atoms with Crippen molar-refractivity contribution >= 4 is 80.7 Å². The largest absolute Gasteiger partial charge is 0.561 e. The summed E-state index contributed by atoms with van der Waals surface area (Å²) in [6, 6.07) is 0. The van der Waals surface area contributed by atoms with Crippen molar-refractivity contribution in [2.75, 3.05) is 19.8 Å². The minimum absolute atomic E-state index is 0.141. The van der Waals surface area contributed by atoms with Crippen molar-refractivity contribution in [2.24, 2.45) is 0 Å². The molecule has 0 aliphatic rings. The standard InChI is InChI=1S/C24H39N3O9S6/c1-22(2,3)40-37-19(31)34-13-10-25-16(28)26(11-14-35-20(32)38-41-23(4,5)6)18(30)27(17(25)29)12-15-36-21(33)39-42-24(7,8)9/h10-15H2,1-9H3/p+3. The molecule has 3 N–H and O–H groups in total. The van der Waals surface area contributed by atoms with E-state index < -0.39 is 17.1 Å². The molecule has 0 atom stereocenters. The van der Waals surface area contributed by atoms with Crippen LogP contribution in [0.5, 0.6) is 0 Å². The van der Waals surface area contributed by atoms with Gasteiger partial charge in [-0.15, -0.1) is 0 Å². The lowest BCUT2D eigenvalue weighted by Gasteiger charge is -2.14. The zero-order valence-electron chi connectivity index (χ0n) is 25.3. The van der Waals surface area contributed by atoms with Gasteiger partial charge in [-0.2, -0.15) is 0 Å². The minimum atomic E-state index is -0.895. The monoisotopic (exact) mass is 708 g/mol. The summed E-state index contributed by atoms with van der Waals surface area (Å²) < 4.78 is 17.9. The first-order chi connectivity index (χ1) is 19.2. The van der Waals surface area contributed by atoms with Crippen molar-refractivity contribution in [2.45, 2.75) is 96.2 Å². The maximum absolute atomic E-state index is 13.2. The van der Waals surface area contributed by atoms with Gasteiger partial charge >= 0.3 is 33.0 Å². The predicted molar refractivity (Wildman–Crippen MR) is 183 cm³/mol. The van der Waals surface area contributed by atoms with Gasteiger partial charge in [0.15, 0.2) is 0 Å². The number of hydrogen-bond donors (Lipinski definition) is 0. The molecule has 0 amide bonds. The molecule has 240 valence electrons. The van der Waals surface area contributed by atoms with E-state index in [0.717, 1.165) is 46.1 Å². The van der Waals surface area contributed by atoms with Crippen LogP contribution in [0.3, 0.4) is 0 Å². The summed E-state index contributed by atoms with van der Waals surface area (Å²) in [5, 5.41) is -0.981. The first-order valence-corrected chi connectivity index (χ1v) is 19.2. The maximum atomic E-state index is 13.2. The van der Waals surface area contributed by atoms with E-state index in [4.69, 9.17) is 14.2 Å². The molecule has 0 radical (unpaired) electrons. The molecule has 1 heterocycles. The first kappa shape index (κ1) is 38.9. The van der Waals surface area contributed by atoms with Crippen LogP contribution < -0.4 is 17.1 Å².